The number of nitrogen functional groups attached to an aromatic ring is 1. The number of benzene rings is 1. The van der Waals surface area contributed by atoms with Crippen LogP contribution in [0.2, 0.25) is 0 Å². The van der Waals surface area contributed by atoms with Gasteiger partial charge in [-0.1, -0.05) is 18.2 Å². The number of nitrogens with two attached hydrogens (primary N) is 2. The maximum absolute atomic E-state index is 5.80. The van der Waals surface area contributed by atoms with Crippen molar-refractivity contribution in [2.75, 3.05) is 5.73 Å². The average molecular weight is 246 g/mol. The zero-order valence-corrected chi connectivity index (χ0v) is 9.65. The molecule has 0 spiro atoms. The molecule has 1 aromatic carbocycles. The van der Waals surface area contributed by atoms with E-state index in [-0.39, 0.29) is 24.8 Å². The molecule has 82 valence electrons. The number of pyridine rings is 1. The van der Waals surface area contributed by atoms with Gasteiger partial charge in [-0.3, -0.25) is 4.98 Å². The highest BCUT2D eigenvalue weighted by Crippen LogP contribution is 2.20. The minimum atomic E-state index is 0. The van der Waals surface area contributed by atoms with Gasteiger partial charge in [0.1, 0.15) is 0 Å². The number of hydrogen-bond donors (Lipinski definition) is 2. The van der Waals surface area contributed by atoms with E-state index >= 15 is 0 Å². The van der Waals surface area contributed by atoms with Crippen molar-refractivity contribution in [1.82, 2.24) is 4.98 Å². The second-order valence-corrected chi connectivity index (χ2v) is 2.92. The summed E-state index contributed by atoms with van der Waals surface area (Å²) in [7, 11) is 0. The topological polar surface area (TPSA) is 64.9 Å². The number of halogens is 2. The van der Waals surface area contributed by atoms with Crippen LogP contribution in [0.25, 0.3) is 10.9 Å². The number of aromatic nitrogens is 1. The second-order valence-electron chi connectivity index (χ2n) is 2.92. The maximum Gasteiger partial charge on any atom is 0.0767 e. The molecule has 0 atom stereocenters. The molecule has 0 fully saturated rings. The summed E-state index contributed by atoms with van der Waals surface area (Å²) in [5.41, 5.74) is 14.1. The number of anilines is 1. The lowest BCUT2D eigenvalue weighted by molar-refractivity contribution is 1.08. The van der Waals surface area contributed by atoms with Gasteiger partial charge in [0, 0.05) is 23.8 Å². The van der Waals surface area contributed by atoms with Crippen molar-refractivity contribution in [3.05, 3.63) is 36.0 Å². The molecule has 3 nitrogen and oxygen atoms in total. The third-order valence-electron chi connectivity index (χ3n) is 2.11. The summed E-state index contributed by atoms with van der Waals surface area (Å²) in [4.78, 5) is 4.25. The second kappa shape index (κ2) is 5.75. The van der Waals surface area contributed by atoms with Crippen molar-refractivity contribution in [3.63, 3.8) is 0 Å². The van der Waals surface area contributed by atoms with Gasteiger partial charge in [-0.15, -0.1) is 24.8 Å². The molecule has 1 aromatic heterocycles. The van der Waals surface area contributed by atoms with E-state index in [2.05, 4.69) is 4.98 Å². The lowest BCUT2D eigenvalue weighted by atomic mass is 10.1. The molecular formula is C10H13Cl2N3. The van der Waals surface area contributed by atoms with Crippen molar-refractivity contribution in [1.29, 1.82) is 0 Å². The Morgan fingerprint density at radius 2 is 1.87 bits per heavy atom. The van der Waals surface area contributed by atoms with Crippen molar-refractivity contribution in [3.8, 4) is 0 Å². The fourth-order valence-corrected chi connectivity index (χ4v) is 1.42. The Morgan fingerprint density at radius 3 is 2.53 bits per heavy atom. The average Bonchev–Trinajstić information content (AvgIpc) is 2.18. The molecule has 0 bridgehead atoms. The third-order valence-corrected chi connectivity index (χ3v) is 2.11. The first-order chi connectivity index (χ1) is 6.33. The van der Waals surface area contributed by atoms with E-state index in [0.29, 0.717) is 6.54 Å². The van der Waals surface area contributed by atoms with E-state index in [1.165, 1.54) is 0 Å². The Morgan fingerprint density at radius 1 is 1.13 bits per heavy atom. The SMILES string of the molecule is Cl.Cl.NCc1cccc2c(N)ccnc12. The van der Waals surface area contributed by atoms with Gasteiger partial charge in [-0.25, -0.2) is 0 Å². The van der Waals surface area contributed by atoms with Crippen molar-refractivity contribution < 1.29 is 0 Å². The summed E-state index contributed by atoms with van der Waals surface area (Å²) in [6, 6.07) is 7.66. The largest absolute Gasteiger partial charge is 0.398 e. The molecule has 0 saturated carbocycles. The molecular weight excluding hydrogens is 233 g/mol. The molecule has 15 heavy (non-hydrogen) atoms. The fourth-order valence-electron chi connectivity index (χ4n) is 1.42. The molecule has 5 heteroatoms. The van der Waals surface area contributed by atoms with Crippen LogP contribution >= 0.6 is 24.8 Å². The van der Waals surface area contributed by atoms with E-state index in [4.69, 9.17) is 11.5 Å². The molecule has 0 saturated heterocycles. The van der Waals surface area contributed by atoms with E-state index < -0.39 is 0 Å². The third kappa shape index (κ3) is 2.50. The maximum atomic E-state index is 5.80. The number of fused-ring (bicyclic) bond motifs is 1. The molecule has 0 aliphatic carbocycles. The van der Waals surface area contributed by atoms with Crippen molar-refractivity contribution in [2.45, 2.75) is 6.54 Å². The first kappa shape index (κ1) is 14.0. The zero-order chi connectivity index (χ0) is 9.26. The highest BCUT2D eigenvalue weighted by Gasteiger charge is 2.01. The van der Waals surface area contributed by atoms with Gasteiger partial charge in [0.05, 0.1) is 5.52 Å². The summed E-state index contributed by atoms with van der Waals surface area (Å²) in [5.74, 6) is 0. The molecule has 2 aromatic rings. The van der Waals surface area contributed by atoms with Crippen LogP contribution in [0.1, 0.15) is 5.56 Å². The van der Waals surface area contributed by atoms with Crippen LogP contribution in [-0.4, -0.2) is 4.98 Å². The number of hydrogen-bond acceptors (Lipinski definition) is 3. The van der Waals surface area contributed by atoms with E-state index in [1.54, 1.807) is 12.3 Å². The lowest BCUT2D eigenvalue weighted by Crippen LogP contribution is -1.99. The Balaban J connectivity index is 0.000000980. The predicted octanol–water partition coefficient (Wildman–Crippen LogP) is 2.12. The normalized spacial score (nSPS) is 9.13. The first-order valence-electron chi connectivity index (χ1n) is 4.15. The predicted molar refractivity (Wildman–Crippen MR) is 68.5 cm³/mol. The van der Waals surface area contributed by atoms with Crippen LogP contribution in [-0.2, 0) is 6.54 Å². The van der Waals surface area contributed by atoms with E-state index in [1.807, 2.05) is 18.2 Å². The molecule has 0 unspecified atom stereocenters. The van der Waals surface area contributed by atoms with Gasteiger partial charge in [0.25, 0.3) is 0 Å². The Kier molecular flexibility index (Phi) is 5.36. The summed E-state index contributed by atoms with van der Waals surface area (Å²) < 4.78 is 0. The molecule has 2 rings (SSSR count). The van der Waals surface area contributed by atoms with Crippen LogP contribution in [0.15, 0.2) is 30.5 Å². The standard InChI is InChI=1S/C10H11N3.2ClH/c11-6-7-2-1-3-8-9(12)4-5-13-10(7)8;;/h1-5H,6,11H2,(H2,12,13);2*1H. The van der Waals surface area contributed by atoms with E-state index in [9.17, 15) is 0 Å². The first-order valence-corrected chi connectivity index (χ1v) is 4.15. The van der Waals surface area contributed by atoms with Crippen LogP contribution in [0.3, 0.4) is 0 Å². The fraction of sp³-hybridized carbons (Fsp3) is 0.100. The smallest absolute Gasteiger partial charge is 0.0767 e. The Bertz CT molecular complexity index is 446. The number of para-hydroxylation sites is 1. The molecule has 1 heterocycles. The molecule has 0 radical (unpaired) electrons. The molecule has 0 aliphatic rings. The summed E-state index contributed by atoms with van der Waals surface area (Å²) in [5, 5.41) is 0.977. The minimum absolute atomic E-state index is 0. The van der Waals surface area contributed by atoms with Gasteiger partial charge in [-0.05, 0) is 11.6 Å². The summed E-state index contributed by atoms with van der Waals surface area (Å²) in [6.07, 6.45) is 1.71. The minimum Gasteiger partial charge on any atom is -0.398 e. The van der Waals surface area contributed by atoms with Gasteiger partial charge < -0.3 is 11.5 Å². The van der Waals surface area contributed by atoms with Crippen LogP contribution in [0.5, 0.6) is 0 Å². The Hall–Kier alpha value is -1.03. The highest BCUT2D eigenvalue weighted by atomic mass is 35.5. The van der Waals surface area contributed by atoms with E-state index in [0.717, 1.165) is 22.2 Å². The van der Waals surface area contributed by atoms with Crippen molar-refractivity contribution >= 4 is 41.4 Å². The van der Waals surface area contributed by atoms with Crippen LogP contribution in [0, 0.1) is 0 Å². The van der Waals surface area contributed by atoms with Crippen molar-refractivity contribution in [2.24, 2.45) is 5.73 Å². The van der Waals surface area contributed by atoms with Crippen LogP contribution < -0.4 is 11.5 Å². The lowest BCUT2D eigenvalue weighted by Gasteiger charge is -2.04. The number of rotatable bonds is 1. The highest BCUT2D eigenvalue weighted by molar-refractivity contribution is 5.91. The van der Waals surface area contributed by atoms with Gasteiger partial charge in [-0.2, -0.15) is 0 Å². The number of nitrogens with zero attached hydrogens (tertiary/aromatic N) is 1. The van der Waals surface area contributed by atoms with Gasteiger partial charge >= 0.3 is 0 Å². The molecule has 4 N–H and O–H groups in total. The Labute approximate surface area is 101 Å². The van der Waals surface area contributed by atoms with Crippen LogP contribution in [0.4, 0.5) is 5.69 Å². The van der Waals surface area contributed by atoms with Gasteiger partial charge in [0.15, 0.2) is 0 Å². The zero-order valence-electron chi connectivity index (χ0n) is 8.01. The molecule has 0 amide bonds. The summed E-state index contributed by atoms with van der Waals surface area (Å²) >= 11 is 0. The van der Waals surface area contributed by atoms with Gasteiger partial charge in [0.2, 0.25) is 0 Å². The summed E-state index contributed by atoms with van der Waals surface area (Å²) in [6.45, 7) is 0.494. The molecule has 0 aliphatic heterocycles. The monoisotopic (exact) mass is 245 g/mol. The quantitative estimate of drug-likeness (QED) is 0.809.